The van der Waals surface area contributed by atoms with Gasteiger partial charge in [-0.2, -0.15) is 0 Å². The van der Waals surface area contributed by atoms with Gasteiger partial charge in [0.15, 0.2) is 0 Å². The molecule has 104 valence electrons. The molecule has 1 N–H and O–H groups in total. The van der Waals surface area contributed by atoms with Gasteiger partial charge in [-0.3, -0.25) is 9.78 Å². The van der Waals surface area contributed by atoms with Crippen LogP contribution < -0.4 is 5.32 Å². The lowest BCUT2D eigenvalue weighted by atomic mass is 9.97. The second-order valence-electron chi connectivity index (χ2n) is 5.22. The summed E-state index contributed by atoms with van der Waals surface area (Å²) in [6.45, 7) is 1.86. The quantitative estimate of drug-likeness (QED) is 0.944. The predicted molar refractivity (Wildman–Crippen MR) is 78.7 cm³/mol. The Morgan fingerprint density at radius 2 is 2.10 bits per heavy atom. The lowest BCUT2D eigenvalue weighted by molar-refractivity contribution is 0.0897. The van der Waals surface area contributed by atoms with Gasteiger partial charge in [0.2, 0.25) is 0 Å². The van der Waals surface area contributed by atoms with Crippen LogP contribution in [0.3, 0.4) is 0 Å². The SMILES string of the molecule is Cc1ncccc1C(=O)NC1(c2nccs2)CCCC1. The van der Waals surface area contributed by atoms with Gasteiger partial charge in [0, 0.05) is 23.5 Å². The number of nitrogens with one attached hydrogen (secondary N) is 1. The molecule has 0 bridgehead atoms. The lowest BCUT2D eigenvalue weighted by Gasteiger charge is -2.28. The number of aromatic nitrogens is 2. The summed E-state index contributed by atoms with van der Waals surface area (Å²) in [6.07, 6.45) is 7.70. The van der Waals surface area contributed by atoms with Gasteiger partial charge in [-0.1, -0.05) is 12.8 Å². The largest absolute Gasteiger partial charge is 0.340 e. The van der Waals surface area contributed by atoms with E-state index < -0.39 is 0 Å². The summed E-state index contributed by atoms with van der Waals surface area (Å²) in [4.78, 5) is 21.2. The van der Waals surface area contributed by atoms with E-state index in [9.17, 15) is 4.79 Å². The first-order valence-corrected chi connectivity index (χ1v) is 7.73. The van der Waals surface area contributed by atoms with E-state index in [1.54, 1.807) is 23.6 Å². The number of carbonyl (C=O) groups is 1. The minimum Gasteiger partial charge on any atom is -0.340 e. The van der Waals surface area contributed by atoms with Gasteiger partial charge in [0.25, 0.3) is 5.91 Å². The minimum absolute atomic E-state index is 0.0484. The Balaban J connectivity index is 1.88. The third-order valence-corrected chi connectivity index (χ3v) is 4.88. The number of hydrogen-bond donors (Lipinski definition) is 1. The highest BCUT2D eigenvalue weighted by molar-refractivity contribution is 7.09. The van der Waals surface area contributed by atoms with E-state index in [4.69, 9.17) is 0 Å². The summed E-state index contributed by atoms with van der Waals surface area (Å²) in [7, 11) is 0. The lowest BCUT2D eigenvalue weighted by Crippen LogP contribution is -2.44. The molecule has 0 spiro atoms. The molecule has 20 heavy (non-hydrogen) atoms. The molecule has 3 rings (SSSR count). The molecule has 1 aliphatic carbocycles. The molecule has 0 saturated heterocycles. The number of amides is 1. The van der Waals surface area contributed by atoms with E-state index in [-0.39, 0.29) is 11.4 Å². The van der Waals surface area contributed by atoms with Crippen molar-refractivity contribution in [2.45, 2.75) is 38.1 Å². The van der Waals surface area contributed by atoms with Crippen molar-refractivity contribution in [1.29, 1.82) is 0 Å². The Labute approximate surface area is 122 Å². The van der Waals surface area contributed by atoms with Crippen molar-refractivity contribution in [1.82, 2.24) is 15.3 Å². The Hall–Kier alpha value is -1.75. The highest BCUT2D eigenvalue weighted by atomic mass is 32.1. The van der Waals surface area contributed by atoms with E-state index >= 15 is 0 Å². The highest BCUT2D eigenvalue weighted by Gasteiger charge is 2.39. The van der Waals surface area contributed by atoms with Crippen LogP contribution in [0.25, 0.3) is 0 Å². The van der Waals surface area contributed by atoms with E-state index in [0.29, 0.717) is 5.56 Å². The van der Waals surface area contributed by atoms with E-state index in [1.807, 2.05) is 24.6 Å². The van der Waals surface area contributed by atoms with Crippen LogP contribution in [0.15, 0.2) is 29.9 Å². The Kier molecular flexibility index (Phi) is 3.53. The molecule has 4 nitrogen and oxygen atoms in total. The zero-order chi connectivity index (χ0) is 14.0. The van der Waals surface area contributed by atoms with Crippen LogP contribution in [0, 0.1) is 6.92 Å². The van der Waals surface area contributed by atoms with Crippen molar-refractivity contribution < 1.29 is 4.79 Å². The Morgan fingerprint density at radius 3 is 2.75 bits per heavy atom. The monoisotopic (exact) mass is 287 g/mol. The van der Waals surface area contributed by atoms with Gasteiger partial charge in [-0.25, -0.2) is 4.98 Å². The fraction of sp³-hybridized carbons (Fsp3) is 0.400. The van der Waals surface area contributed by atoms with Crippen molar-refractivity contribution in [3.63, 3.8) is 0 Å². The van der Waals surface area contributed by atoms with Crippen LogP contribution in [-0.2, 0) is 5.54 Å². The van der Waals surface area contributed by atoms with Gasteiger partial charge in [0.1, 0.15) is 5.01 Å². The molecule has 1 fully saturated rings. The summed E-state index contributed by atoms with van der Waals surface area (Å²) >= 11 is 1.62. The van der Waals surface area contributed by atoms with Gasteiger partial charge >= 0.3 is 0 Å². The summed E-state index contributed by atoms with van der Waals surface area (Å²) in [5, 5.41) is 6.21. The summed E-state index contributed by atoms with van der Waals surface area (Å²) in [5.74, 6) is -0.0484. The summed E-state index contributed by atoms with van der Waals surface area (Å²) in [6, 6.07) is 3.62. The number of pyridine rings is 1. The van der Waals surface area contributed by atoms with Crippen molar-refractivity contribution in [2.75, 3.05) is 0 Å². The zero-order valence-corrected chi connectivity index (χ0v) is 12.2. The predicted octanol–water partition coefficient (Wildman–Crippen LogP) is 3.05. The van der Waals surface area contributed by atoms with Crippen LogP contribution in [0.1, 0.15) is 46.7 Å². The third-order valence-electron chi connectivity index (χ3n) is 3.90. The number of thiazole rings is 1. The maximum absolute atomic E-state index is 12.5. The number of aryl methyl sites for hydroxylation is 1. The Bertz CT molecular complexity index is 603. The molecule has 5 heteroatoms. The van der Waals surface area contributed by atoms with Crippen molar-refractivity contribution in [3.8, 4) is 0 Å². The van der Waals surface area contributed by atoms with E-state index in [2.05, 4.69) is 15.3 Å². The molecule has 0 aliphatic heterocycles. The van der Waals surface area contributed by atoms with Crippen molar-refractivity contribution in [3.05, 3.63) is 46.2 Å². The minimum atomic E-state index is -0.284. The average Bonchev–Trinajstić information content (AvgIpc) is 3.10. The Morgan fingerprint density at radius 1 is 1.30 bits per heavy atom. The smallest absolute Gasteiger partial charge is 0.253 e. The number of hydrogen-bond acceptors (Lipinski definition) is 4. The molecule has 0 atom stereocenters. The maximum atomic E-state index is 12.5. The van der Waals surface area contributed by atoms with Crippen molar-refractivity contribution in [2.24, 2.45) is 0 Å². The van der Waals surface area contributed by atoms with Crippen LogP contribution >= 0.6 is 11.3 Å². The van der Waals surface area contributed by atoms with Crippen LogP contribution in [-0.4, -0.2) is 15.9 Å². The van der Waals surface area contributed by atoms with Gasteiger partial charge in [-0.15, -0.1) is 11.3 Å². The van der Waals surface area contributed by atoms with Gasteiger partial charge in [-0.05, 0) is 31.9 Å². The normalized spacial score (nSPS) is 17.1. The molecule has 0 unspecified atom stereocenters. The van der Waals surface area contributed by atoms with Crippen LogP contribution in [0.5, 0.6) is 0 Å². The molecule has 2 aromatic rings. The fourth-order valence-corrected chi connectivity index (χ4v) is 3.69. The molecular weight excluding hydrogens is 270 g/mol. The first-order chi connectivity index (χ1) is 9.71. The summed E-state index contributed by atoms with van der Waals surface area (Å²) < 4.78 is 0. The topological polar surface area (TPSA) is 54.9 Å². The molecule has 1 aliphatic rings. The first-order valence-electron chi connectivity index (χ1n) is 6.85. The molecule has 1 amide bonds. The summed E-state index contributed by atoms with van der Waals surface area (Å²) in [5.41, 5.74) is 1.13. The highest BCUT2D eigenvalue weighted by Crippen LogP contribution is 2.39. The van der Waals surface area contributed by atoms with Gasteiger partial charge in [0.05, 0.1) is 11.1 Å². The molecule has 0 radical (unpaired) electrons. The zero-order valence-electron chi connectivity index (χ0n) is 11.4. The maximum Gasteiger partial charge on any atom is 0.253 e. The molecule has 2 aromatic heterocycles. The number of rotatable bonds is 3. The molecule has 2 heterocycles. The molecular formula is C15H17N3OS. The van der Waals surface area contributed by atoms with Crippen LogP contribution in [0.4, 0.5) is 0 Å². The van der Waals surface area contributed by atoms with E-state index in [1.165, 1.54) is 0 Å². The fourth-order valence-electron chi connectivity index (χ4n) is 2.84. The van der Waals surface area contributed by atoms with Crippen molar-refractivity contribution >= 4 is 17.2 Å². The number of carbonyl (C=O) groups excluding carboxylic acids is 1. The standard InChI is InChI=1S/C15H17N3OS/c1-11-12(5-4-8-16-11)13(19)18-15(6-2-3-7-15)14-17-9-10-20-14/h4-5,8-10H,2-3,6-7H2,1H3,(H,18,19). The second kappa shape index (κ2) is 5.32. The molecule has 1 saturated carbocycles. The first kappa shape index (κ1) is 13.2. The second-order valence-corrected chi connectivity index (χ2v) is 6.11. The van der Waals surface area contributed by atoms with Crippen LogP contribution in [0.2, 0.25) is 0 Å². The third kappa shape index (κ3) is 2.33. The average molecular weight is 287 g/mol. The molecule has 0 aromatic carbocycles. The number of nitrogens with zero attached hydrogens (tertiary/aromatic N) is 2. The van der Waals surface area contributed by atoms with E-state index in [0.717, 1.165) is 36.4 Å². The van der Waals surface area contributed by atoms with Gasteiger partial charge < -0.3 is 5.32 Å².